The summed E-state index contributed by atoms with van der Waals surface area (Å²) in [6.07, 6.45) is 1.22. The number of halogens is 3. The number of benzene rings is 3. The molecule has 0 aliphatic rings. The summed E-state index contributed by atoms with van der Waals surface area (Å²) in [6.45, 7) is 0.700. The smallest absolute Gasteiger partial charge is 0.273 e. The maximum atomic E-state index is 13.8. The summed E-state index contributed by atoms with van der Waals surface area (Å²) >= 11 is 18.3. The molecule has 0 atom stereocenters. The van der Waals surface area contributed by atoms with Crippen molar-refractivity contribution in [2.24, 2.45) is 5.10 Å². The molecular formula is C27H21Cl3N4O7S. The van der Waals surface area contributed by atoms with E-state index in [2.05, 4.69) is 10.5 Å². The van der Waals surface area contributed by atoms with Gasteiger partial charge in [0, 0.05) is 27.2 Å². The van der Waals surface area contributed by atoms with Crippen molar-refractivity contribution in [2.45, 2.75) is 11.8 Å². The van der Waals surface area contributed by atoms with Crippen LogP contribution in [0.4, 0.5) is 11.4 Å². The standard InChI is InChI=1S/C27H21Cl3N4O7S/c1-16-3-7-20(13-23(16)34(36)37)42(38,39)33(24-12-18(29)5-9-26(24)40-2)15-27(35)32-31-14-19-6-10-25(41-19)21-8-4-17(28)11-22(21)30/h3-14H,15H2,1-2H3,(H,32,35)/b31-14-. The topological polar surface area (TPSA) is 144 Å². The number of hydrogen-bond acceptors (Lipinski definition) is 8. The molecule has 1 aromatic heterocycles. The fourth-order valence-electron chi connectivity index (χ4n) is 3.82. The molecule has 15 heteroatoms. The molecule has 3 aromatic carbocycles. The molecule has 1 heterocycles. The minimum Gasteiger partial charge on any atom is -0.495 e. The number of nitrogens with zero attached hydrogens (tertiary/aromatic N) is 3. The third kappa shape index (κ3) is 6.85. The summed E-state index contributed by atoms with van der Waals surface area (Å²) in [5.74, 6) is -0.0536. The lowest BCUT2D eigenvalue weighted by Gasteiger charge is -2.25. The third-order valence-electron chi connectivity index (χ3n) is 5.87. The first-order valence-electron chi connectivity index (χ1n) is 11.9. The maximum Gasteiger partial charge on any atom is 0.273 e. The molecule has 0 unspecified atom stereocenters. The molecule has 1 amide bonds. The first kappa shape index (κ1) is 30.8. The average Bonchev–Trinajstić information content (AvgIpc) is 3.40. The van der Waals surface area contributed by atoms with Crippen molar-refractivity contribution in [1.29, 1.82) is 0 Å². The molecule has 0 saturated carbocycles. The number of carbonyl (C=O) groups excluding carboxylic acids is 1. The molecular weight excluding hydrogens is 631 g/mol. The Morgan fingerprint density at radius 3 is 2.48 bits per heavy atom. The number of hydrazone groups is 1. The number of hydrogen-bond donors (Lipinski definition) is 1. The van der Waals surface area contributed by atoms with Gasteiger partial charge >= 0.3 is 0 Å². The normalized spacial score (nSPS) is 11.5. The molecule has 4 aromatic rings. The van der Waals surface area contributed by atoms with Crippen LogP contribution in [-0.2, 0) is 14.8 Å². The lowest BCUT2D eigenvalue weighted by Crippen LogP contribution is -2.39. The van der Waals surface area contributed by atoms with Crippen molar-refractivity contribution in [3.8, 4) is 17.1 Å². The minimum absolute atomic E-state index is 0.0668. The molecule has 11 nitrogen and oxygen atoms in total. The van der Waals surface area contributed by atoms with Gasteiger partial charge in [-0.25, -0.2) is 13.8 Å². The van der Waals surface area contributed by atoms with E-state index in [1.165, 1.54) is 50.6 Å². The first-order valence-corrected chi connectivity index (χ1v) is 14.5. The Labute approximate surface area is 255 Å². The van der Waals surface area contributed by atoms with Gasteiger partial charge in [0.2, 0.25) is 0 Å². The molecule has 0 aliphatic heterocycles. The Kier molecular flexibility index (Phi) is 9.42. The quantitative estimate of drug-likeness (QED) is 0.117. The fourth-order valence-corrected chi connectivity index (χ4v) is 5.93. The van der Waals surface area contributed by atoms with E-state index in [0.29, 0.717) is 21.4 Å². The maximum absolute atomic E-state index is 13.8. The third-order valence-corrected chi connectivity index (χ3v) is 8.41. The second-order valence-electron chi connectivity index (χ2n) is 8.65. The molecule has 1 N–H and O–H groups in total. The first-order chi connectivity index (χ1) is 19.9. The largest absolute Gasteiger partial charge is 0.495 e. The summed E-state index contributed by atoms with van der Waals surface area (Å²) in [5.41, 5.74) is 2.64. The van der Waals surface area contributed by atoms with Gasteiger partial charge in [-0.2, -0.15) is 5.10 Å². The second-order valence-corrected chi connectivity index (χ2v) is 11.8. The molecule has 0 aliphatic carbocycles. The predicted molar refractivity (Wildman–Crippen MR) is 160 cm³/mol. The van der Waals surface area contributed by atoms with E-state index in [-0.39, 0.29) is 27.8 Å². The van der Waals surface area contributed by atoms with Crippen molar-refractivity contribution in [3.63, 3.8) is 0 Å². The van der Waals surface area contributed by atoms with Crippen LogP contribution in [0.25, 0.3) is 11.3 Å². The predicted octanol–water partition coefficient (Wildman–Crippen LogP) is 6.48. The van der Waals surface area contributed by atoms with E-state index in [4.69, 9.17) is 44.0 Å². The Hall–Kier alpha value is -4.10. The van der Waals surface area contributed by atoms with Crippen LogP contribution in [0.15, 0.2) is 81.1 Å². The highest BCUT2D eigenvalue weighted by Gasteiger charge is 2.31. The van der Waals surface area contributed by atoms with Crippen LogP contribution in [0.1, 0.15) is 11.3 Å². The molecule has 42 heavy (non-hydrogen) atoms. The van der Waals surface area contributed by atoms with Crippen molar-refractivity contribution in [1.82, 2.24) is 5.43 Å². The van der Waals surface area contributed by atoms with Crippen LogP contribution in [0.3, 0.4) is 0 Å². The Balaban J connectivity index is 1.61. The summed E-state index contributed by atoms with van der Waals surface area (Å²) in [5, 5.41) is 16.3. The number of aryl methyl sites for hydroxylation is 1. The summed E-state index contributed by atoms with van der Waals surface area (Å²) < 4.78 is 39.3. The van der Waals surface area contributed by atoms with Crippen LogP contribution in [0, 0.1) is 17.0 Å². The van der Waals surface area contributed by atoms with Crippen LogP contribution in [0.5, 0.6) is 5.75 Å². The van der Waals surface area contributed by atoms with E-state index in [0.717, 1.165) is 10.4 Å². The van der Waals surface area contributed by atoms with Crippen LogP contribution < -0.4 is 14.5 Å². The molecule has 0 bridgehead atoms. The number of nitro benzene ring substituents is 1. The Morgan fingerprint density at radius 2 is 1.79 bits per heavy atom. The number of nitro groups is 1. The van der Waals surface area contributed by atoms with E-state index < -0.39 is 38.0 Å². The van der Waals surface area contributed by atoms with Crippen LogP contribution in [0.2, 0.25) is 15.1 Å². The van der Waals surface area contributed by atoms with Gasteiger partial charge in [-0.3, -0.25) is 19.2 Å². The molecule has 0 radical (unpaired) electrons. The second kappa shape index (κ2) is 12.8. The highest BCUT2D eigenvalue weighted by Crippen LogP contribution is 2.36. The van der Waals surface area contributed by atoms with Crippen molar-refractivity contribution in [3.05, 3.63) is 103 Å². The average molecular weight is 652 g/mol. The molecule has 218 valence electrons. The van der Waals surface area contributed by atoms with Gasteiger partial charge in [-0.05, 0) is 61.5 Å². The summed E-state index contributed by atoms with van der Waals surface area (Å²) in [7, 11) is -3.23. The Morgan fingerprint density at radius 1 is 1.07 bits per heavy atom. The zero-order chi connectivity index (χ0) is 30.6. The van der Waals surface area contributed by atoms with Gasteiger partial charge in [0.15, 0.2) is 0 Å². The van der Waals surface area contributed by atoms with Gasteiger partial charge in [-0.15, -0.1) is 0 Å². The molecule has 0 saturated heterocycles. The van der Waals surface area contributed by atoms with Gasteiger partial charge in [-0.1, -0.05) is 40.9 Å². The summed E-state index contributed by atoms with van der Waals surface area (Å²) in [4.78, 5) is 23.3. The number of amides is 1. The molecule has 0 fully saturated rings. The number of sulfonamides is 1. The highest BCUT2D eigenvalue weighted by atomic mass is 35.5. The monoisotopic (exact) mass is 650 g/mol. The zero-order valence-corrected chi connectivity index (χ0v) is 25.0. The number of methoxy groups -OCH3 is 1. The fraction of sp³-hybridized carbons (Fsp3) is 0.111. The number of rotatable bonds is 10. The van der Waals surface area contributed by atoms with Crippen LogP contribution >= 0.6 is 34.8 Å². The van der Waals surface area contributed by atoms with Crippen molar-refractivity contribution >= 4 is 68.3 Å². The number of carbonyl (C=O) groups is 1. The zero-order valence-electron chi connectivity index (χ0n) is 21.9. The minimum atomic E-state index is -4.55. The van der Waals surface area contributed by atoms with Gasteiger partial charge in [0.25, 0.3) is 21.6 Å². The Bertz CT molecular complexity index is 1810. The van der Waals surface area contributed by atoms with Gasteiger partial charge in [0.05, 0.1) is 33.9 Å². The van der Waals surface area contributed by atoms with E-state index >= 15 is 0 Å². The number of furan rings is 1. The SMILES string of the molecule is COc1ccc(Cl)cc1N(CC(=O)N/N=C\c1ccc(-c2ccc(Cl)cc2Cl)o1)S(=O)(=O)c1ccc(C)c([N+](=O)[O-])c1. The van der Waals surface area contributed by atoms with E-state index in [1.807, 2.05) is 0 Å². The molecule has 4 rings (SSSR count). The van der Waals surface area contributed by atoms with Gasteiger partial charge < -0.3 is 9.15 Å². The highest BCUT2D eigenvalue weighted by molar-refractivity contribution is 7.92. The van der Waals surface area contributed by atoms with Crippen molar-refractivity contribution < 1.29 is 27.3 Å². The number of nitrogens with one attached hydrogen (secondary N) is 1. The van der Waals surface area contributed by atoms with Crippen LogP contribution in [-0.4, -0.2) is 39.1 Å². The lowest BCUT2D eigenvalue weighted by molar-refractivity contribution is -0.385. The van der Waals surface area contributed by atoms with E-state index in [1.54, 1.807) is 30.3 Å². The van der Waals surface area contributed by atoms with E-state index in [9.17, 15) is 23.3 Å². The lowest BCUT2D eigenvalue weighted by atomic mass is 10.2. The van der Waals surface area contributed by atoms with Crippen molar-refractivity contribution in [2.75, 3.05) is 18.0 Å². The number of ether oxygens (including phenoxy) is 1. The summed E-state index contributed by atoms with van der Waals surface area (Å²) in [6, 6.07) is 15.8. The molecule has 0 spiro atoms. The number of anilines is 1. The van der Waals surface area contributed by atoms with Gasteiger partial charge in [0.1, 0.15) is 23.8 Å².